The Labute approximate surface area is 104 Å². The van der Waals surface area contributed by atoms with Gasteiger partial charge in [-0.1, -0.05) is 25.8 Å². The van der Waals surface area contributed by atoms with Gasteiger partial charge in [0.25, 0.3) is 0 Å². The third kappa shape index (κ3) is 4.27. The van der Waals surface area contributed by atoms with Gasteiger partial charge in [-0.15, -0.1) is 0 Å². The molecule has 0 heterocycles. The SMILES string of the molecule is CCCCCNC(C)c1ccc(OC)cc1O. The molecule has 1 rings (SSSR count). The van der Waals surface area contributed by atoms with Crippen molar-refractivity contribution in [3.8, 4) is 11.5 Å². The lowest BCUT2D eigenvalue weighted by Crippen LogP contribution is -2.19. The van der Waals surface area contributed by atoms with Crippen molar-refractivity contribution in [1.82, 2.24) is 5.32 Å². The maximum atomic E-state index is 9.88. The highest BCUT2D eigenvalue weighted by Crippen LogP contribution is 2.28. The number of phenols is 1. The van der Waals surface area contributed by atoms with Crippen molar-refractivity contribution in [3.63, 3.8) is 0 Å². The molecule has 96 valence electrons. The zero-order valence-electron chi connectivity index (χ0n) is 11.0. The summed E-state index contributed by atoms with van der Waals surface area (Å²) in [6.45, 7) is 5.24. The van der Waals surface area contributed by atoms with E-state index in [1.807, 2.05) is 12.1 Å². The lowest BCUT2D eigenvalue weighted by atomic mass is 10.1. The first-order chi connectivity index (χ1) is 8.19. The molecular formula is C14H23NO2. The first-order valence-electron chi connectivity index (χ1n) is 6.29. The highest BCUT2D eigenvalue weighted by atomic mass is 16.5. The number of methoxy groups -OCH3 is 1. The largest absolute Gasteiger partial charge is 0.507 e. The highest BCUT2D eigenvalue weighted by molar-refractivity contribution is 5.41. The van der Waals surface area contributed by atoms with Crippen LogP contribution in [0, 0.1) is 0 Å². The first kappa shape index (κ1) is 13.8. The number of phenolic OH excluding ortho intramolecular Hbond substituents is 1. The molecule has 17 heavy (non-hydrogen) atoms. The van der Waals surface area contributed by atoms with Crippen molar-refractivity contribution in [1.29, 1.82) is 0 Å². The number of rotatable bonds is 7. The number of nitrogens with one attached hydrogen (secondary N) is 1. The van der Waals surface area contributed by atoms with E-state index in [1.165, 1.54) is 19.3 Å². The van der Waals surface area contributed by atoms with Gasteiger partial charge in [-0.25, -0.2) is 0 Å². The Kier molecular flexibility index (Phi) is 5.84. The van der Waals surface area contributed by atoms with Crippen LogP contribution in [0.4, 0.5) is 0 Å². The average molecular weight is 237 g/mol. The number of aromatic hydroxyl groups is 1. The number of ether oxygens (including phenoxy) is 1. The molecule has 3 heteroatoms. The molecule has 1 atom stereocenters. The number of hydrogen-bond acceptors (Lipinski definition) is 3. The van der Waals surface area contributed by atoms with Gasteiger partial charge in [-0.3, -0.25) is 0 Å². The van der Waals surface area contributed by atoms with Crippen LogP contribution >= 0.6 is 0 Å². The molecule has 0 aliphatic rings. The summed E-state index contributed by atoms with van der Waals surface area (Å²) in [5.74, 6) is 0.976. The van der Waals surface area contributed by atoms with Crippen molar-refractivity contribution in [2.45, 2.75) is 39.2 Å². The third-order valence-electron chi connectivity index (χ3n) is 2.93. The Bertz CT molecular complexity index is 339. The predicted octanol–water partition coefficient (Wildman–Crippen LogP) is 3.24. The van der Waals surface area contributed by atoms with Crippen LogP contribution in [0.5, 0.6) is 11.5 Å². The second kappa shape index (κ2) is 7.17. The van der Waals surface area contributed by atoms with Gasteiger partial charge in [0.05, 0.1) is 7.11 Å². The maximum absolute atomic E-state index is 9.88. The van der Waals surface area contributed by atoms with Crippen LogP contribution < -0.4 is 10.1 Å². The van der Waals surface area contributed by atoms with Gasteiger partial charge in [-0.2, -0.15) is 0 Å². The van der Waals surface area contributed by atoms with Crippen LogP contribution in [0.15, 0.2) is 18.2 Å². The molecule has 0 amide bonds. The second-order valence-corrected chi connectivity index (χ2v) is 4.31. The fourth-order valence-electron chi connectivity index (χ4n) is 1.82. The Morgan fingerprint density at radius 1 is 1.35 bits per heavy atom. The molecular weight excluding hydrogens is 214 g/mol. The maximum Gasteiger partial charge on any atom is 0.124 e. The molecule has 0 spiro atoms. The summed E-state index contributed by atoms with van der Waals surface area (Å²) in [5, 5.41) is 13.3. The van der Waals surface area contributed by atoms with E-state index < -0.39 is 0 Å². The lowest BCUT2D eigenvalue weighted by Gasteiger charge is -2.16. The van der Waals surface area contributed by atoms with E-state index in [9.17, 15) is 5.11 Å². The monoisotopic (exact) mass is 237 g/mol. The van der Waals surface area contributed by atoms with Crippen LogP contribution in [0.25, 0.3) is 0 Å². The summed E-state index contributed by atoms with van der Waals surface area (Å²) in [6, 6.07) is 5.60. The minimum atomic E-state index is 0.165. The fourth-order valence-corrected chi connectivity index (χ4v) is 1.82. The number of unbranched alkanes of at least 4 members (excludes halogenated alkanes) is 2. The van der Waals surface area contributed by atoms with Crippen molar-refractivity contribution < 1.29 is 9.84 Å². The molecule has 1 unspecified atom stereocenters. The smallest absolute Gasteiger partial charge is 0.124 e. The summed E-state index contributed by atoms with van der Waals surface area (Å²) in [6.07, 6.45) is 3.65. The summed E-state index contributed by atoms with van der Waals surface area (Å²) in [4.78, 5) is 0. The van der Waals surface area contributed by atoms with Gasteiger partial charge in [0.2, 0.25) is 0 Å². The van der Waals surface area contributed by atoms with Crippen LogP contribution in [0.3, 0.4) is 0 Å². The second-order valence-electron chi connectivity index (χ2n) is 4.31. The molecule has 3 nitrogen and oxygen atoms in total. The van der Waals surface area contributed by atoms with Crippen molar-refractivity contribution in [2.24, 2.45) is 0 Å². The number of hydrogen-bond donors (Lipinski definition) is 2. The zero-order valence-corrected chi connectivity index (χ0v) is 11.0. The van der Waals surface area contributed by atoms with Gasteiger partial charge < -0.3 is 15.2 Å². The number of benzene rings is 1. The van der Waals surface area contributed by atoms with Crippen LogP contribution in [-0.2, 0) is 0 Å². The molecule has 2 N–H and O–H groups in total. The van der Waals surface area contributed by atoms with E-state index in [0.717, 1.165) is 12.1 Å². The Hall–Kier alpha value is -1.22. The summed E-state index contributed by atoms with van der Waals surface area (Å²) >= 11 is 0. The van der Waals surface area contributed by atoms with Gasteiger partial charge in [0, 0.05) is 17.7 Å². The topological polar surface area (TPSA) is 41.5 Å². The van der Waals surface area contributed by atoms with E-state index >= 15 is 0 Å². The average Bonchev–Trinajstić information content (AvgIpc) is 2.34. The normalized spacial score (nSPS) is 12.4. The minimum Gasteiger partial charge on any atom is -0.507 e. The van der Waals surface area contributed by atoms with Gasteiger partial charge in [-0.05, 0) is 26.0 Å². The van der Waals surface area contributed by atoms with Gasteiger partial charge >= 0.3 is 0 Å². The molecule has 1 aromatic carbocycles. The third-order valence-corrected chi connectivity index (χ3v) is 2.93. The molecule has 0 saturated heterocycles. The summed E-state index contributed by atoms with van der Waals surface area (Å²) in [7, 11) is 1.60. The minimum absolute atomic E-state index is 0.165. The van der Waals surface area contributed by atoms with Crippen LogP contribution in [0.2, 0.25) is 0 Å². The predicted molar refractivity (Wildman–Crippen MR) is 70.6 cm³/mol. The zero-order chi connectivity index (χ0) is 12.7. The Balaban J connectivity index is 2.53. The molecule has 0 aliphatic carbocycles. The Morgan fingerprint density at radius 2 is 2.12 bits per heavy atom. The quantitative estimate of drug-likeness (QED) is 0.715. The van der Waals surface area contributed by atoms with Crippen molar-refractivity contribution in [3.05, 3.63) is 23.8 Å². The van der Waals surface area contributed by atoms with E-state index in [2.05, 4.69) is 19.2 Å². The van der Waals surface area contributed by atoms with Crippen LogP contribution in [0.1, 0.15) is 44.7 Å². The van der Waals surface area contributed by atoms with E-state index in [4.69, 9.17) is 4.74 Å². The first-order valence-corrected chi connectivity index (χ1v) is 6.29. The molecule has 0 saturated carbocycles. The standard InChI is InChI=1S/C14H23NO2/c1-4-5-6-9-15-11(2)13-8-7-12(17-3)10-14(13)16/h7-8,10-11,15-16H,4-6,9H2,1-3H3. The lowest BCUT2D eigenvalue weighted by molar-refractivity contribution is 0.404. The Morgan fingerprint density at radius 3 is 2.71 bits per heavy atom. The summed E-state index contributed by atoms with van der Waals surface area (Å²) < 4.78 is 5.06. The van der Waals surface area contributed by atoms with E-state index in [1.54, 1.807) is 13.2 Å². The molecule has 0 bridgehead atoms. The molecule has 1 aromatic rings. The van der Waals surface area contributed by atoms with Gasteiger partial charge in [0.1, 0.15) is 11.5 Å². The fraction of sp³-hybridized carbons (Fsp3) is 0.571. The van der Waals surface area contributed by atoms with Crippen molar-refractivity contribution in [2.75, 3.05) is 13.7 Å². The van der Waals surface area contributed by atoms with Gasteiger partial charge in [0.15, 0.2) is 0 Å². The molecule has 0 aromatic heterocycles. The van der Waals surface area contributed by atoms with E-state index in [-0.39, 0.29) is 6.04 Å². The van der Waals surface area contributed by atoms with E-state index in [0.29, 0.717) is 11.5 Å². The molecule has 0 fully saturated rings. The van der Waals surface area contributed by atoms with Crippen LogP contribution in [-0.4, -0.2) is 18.8 Å². The van der Waals surface area contributed by atoms with Crippen molar-refractivity contribution >= 4 is 0 Å². The summed E-state index contributed by atoms with van der Waals surface area (Å²) in [5.41, 5.74) is 0.919. The molecule has 0 radical (unpaired) electrons. The molecule has 0 aliphatic heterocycles. The highest BCUT2D eigenvalue weighted by Gasteiger charge is 2.10.